The minimum Gasteiger partial charge on any atom is -0.376 e. The predicted octanol–water partition coefficient (Wildman–Crippen LogP) is 4.29. The van der Waals surface area contributed by atoms with Gasteiger partial charge in [-0.25, -0.2) is 0 Å². The number of nitriles is 1. The van der Waals surface area contributed by atoms with Crippen LogP contribution in [0.25, 0.3) is 0 Å². The monoisotopic (exact) mass is 409 g/mol. The Hall–Kier alpha value is -2.23. The fourth-order valence-corrected chi connectivity index (χ4v) is 5.10. The Morgan fingerprint density at radius 1 is 1.24 bits per heavy atom. The highest BCUT2D eigenvalue weighted by atomic mass is 32.2. The van der Waals surface area contributed by atoms with Gasteiger partial charge in [0.05, 0.1) is 24.0 Å². The Balaban J connectivity index is 1.49. The highest BCUT2D eigenvalue weighted by Gasteiger charge is 2.28. The second-order valence-corrected chi connectivity index (χ2v) is 8.73. The summed E-state index contributed by atoms with van der Waals surface area (Å²) in [4.78, 5) is 12.7. The van der Waals surface area contributed by atoms with Gasteiger partial charge in [-0.2, -0.15) is 5.26 Å². The first-order chi connectivity index (χ1) is 14.3. The molecule has 4 rings (SSSR count). The maximum atomic E-state index is 12.7. The summed E-state index contributed by atoms with van der Waals surface area (Å²) in [6.45, 7) is 1.52. The average Bonchev–Trinajstić information content (AvgIpc) is 3.36. The van der Waals surface area contributed by atoms with Crippen molar-refractivity contribution in [3.63, 3.8) is 0 Å². The number of hydrogen-bond acceptors (Lipinski definition) is 4. The van der Waals surface area contributed by atoms with Crippen LogP contribution in [0.5, 0.6) is 0 Å². The van der Waals surface area contributed by atoms with Crippen molar-refractivity contribution in [2.45, 2.75) is 56.9 Å². The minimum absolute atomic E-state index is 0.0501. The summed E-state index contributed by atoms with van der Waals surface area (Å²) in [5.74, 6) is 1.80. The number of rotatable bonds is 7. The average molecular weight is 410 g/mol. The van der Waals surface area contributed by atoms with Gasteiger partial charge in [0.2, 0.25) is 5.91 Å². The fourth-order valence-electron chi connectivity index (χ4n) is 4.32. The van der Waals surface area contributed by atoms with Gasteiger partial charge in [0.1, 0.15) is 11.9 Å². The van der Waals surface area contributed by atoms with E-state index in [1.165, 1.54) is 11.3 Å². The molecule has 2 heterocycles. The molecule has 152 valence electrons. The molecule has 6 heteroatoms. The molecule has 2 aliphatic rings. The van der Waals surface area contributed by atoms with Crippen LogP contribution in [0, 0.1) is 11.3 Å². The lowest BCUT2D eigenvalue weighted by molar-refractivity contribution is -0.113. The van der Waals surface area contributed by atoms with Gasteiger partial charge in [-0.05, 0) is 49.7 Å². The molecular weight excluding hydrogens is 382 g/mol. The summed E-state index contributed by atoms with van der Waals surface area (Å²) < 4.78 is 8.01. The molecule has 29 heavy (non-hydrogen) atoms. The van der Waals surface area contributed by atoms with Gasteiger partial charge in [-0.3, -0.25) is 4.79 Å². The number of hydrogen-bond donors (Lipinski definition) is 1. The van der Waals surface area contributed by atoms with E-state index in [1.807, 2.05) is 18.2 Å². The smallest absolute Gasteiger partial charge is 0.235 e. The summed E-state index contributed by atoms with van der Waals surface area (Å²) >= 11 is 1.59. The molecule has 1 aliphatic carbocycles. The van der Waals surface area contributed by atoms with Crippen LogP contribution in [0.15, 0.2) is 30.3 Å². The maximum absolute atomic E-state index is 12.7. The van der Waals surface area contributed by atoms with Gasteiger partial charge >= 0.3 is 0 Å². The van der Waals surface area contributed by atoms with Crippen LogP contribution in [0.2, 0.25) is 0 Å². The van der Waals surface area contributed by atoms with E-state index in [9.17, 15) is 10.1 Å². The number of ether oxygens (including phenoxy) is 1. The van der Waals surface area contributed by atoms with Crippen molar-refractivity contribution in [1.29, 1.82) is 5.26 Å². The number of aromatic nitrogens is 1. The Bertz CT molecular complexity index is 895. The van der Waals surface area contributed by atoms with Crippen LogP contribution in [0.4, 0.5) is 5.82 Å². The molecule has 1 aromatic heterocycles. The first-order valence-corrected chi connectivity index (χ1v) is 11.6. The number of fused-ring (bicyclic) bond motifs is 1. The van der Waals surface area contributed by atoms with Crippen molar-refractivity contribution in [2.24, 2.45) is 0 Å². The summed E-state index contributed by atoms with van der Waals surface area (Å²) in [6, 6.07) is 12.5. The van der Waals surface area contributed by atoms with Crippen molar-refractivity contribution in [3.8, 4) is 6.07 Å². The van der Waals surface area contributed by atoms with Crippen LogP contribution < -0.4 is 5.32 Å². The van der Waals surface area contributed by atoms with Crippen molar-refractivity contribution < 1.29 is 9.53 Å². The van der Waals surface area contributed by atoms with E-state index in [0.717, 1.165) is 63.0 Å². The molecule has 1 aromatic carbocycles. The van der Waals surface area contributed by atoms with Crippen molar-refractivity contribution >= 4 is 23.5 Å². The van der Waals surface area contributed by atoms with Crippen LogP contribution in [-0.4, -0.2) is 28.9 Å². The number of carbonyl (C=O) groups excluding carboxylic acids is 1. The first-order valence-electron chi connectivity index (χ1n) is 10.4. The zero-order chi connectivity index (χ0) is 20.1. The summed E-state index contributed by atoms with van der Waals surface area (Å²) in [7, 11) is 0. The number of nitrogens with zero attached hydrogens (tertiary/aromatic N) is 2. The number of benzene rings is 1. The maximum Gasteiger partial charge on any atom is 0.235 e. The number of amides is 1. The van der Waals surface area contributed by atoms with E-state index in [-0.39, 0.29) is 12.0 Å². The van der Waals surface area contributed by atoms with Gasteiger partial charge in [-0.1, -0.05) is 30.3 Å². The van der Waals surface area contributed by atoms with E-state index in [2.05, 4.69) is 28.1 Å². The topological polar surface area (TPSA) is 67.1 Å². The zero-order valence-electron chi connectivity index (χ0n) is 16.7. The van der Waals surface area contributed by atoms with Gasteiger partial charge in [0.25, 0.3) is 0 Å². The highest BCUT2D eigenvalue weighted by molar-refractivity contribution is 7.99. The molecule has 0 saturated carbocycles. The molecule has 1 aliphatic heterocycles. The Labute approximate surface area is 176 Å². The van der Waals surface area contributed by atoms with Crippen molar-refractivity contribution in [2.75, 3.05) is 17.7 Å². The van der Waals surface area contributed by atoms with Crippen molar-refractivity contribution in [3.05, 3.63) is 52.7 Å². The second-order valence-electron chi connectivity index (χ2n) is 7.74. The lowest BCUT2D eigenvalue weighted by Crippen LogP contribution is -2.23. The lowest BCUT2D eigenvalue weighted by Gasteiger charge is -2.19. The molecule has 0 spiro atoms. The molecule has 5 nitrogen and oxygen atoms in total. The molecule has 0 unspecified atom stereocenters. The molecule has 0 bridgehead atoms. The van der Waals surface area contributed by atoms with Crippen LogP contribution in [0.1, 0.15) is 48.1 Å². The number of thioether (sulfide) groups is 1. The quantitative estimate of drug-likeness (QED) is 0.741. The SMILES string of the molecule is N#Cc1c2c(n(C[C@H]3CCCO3)c1NC(=O)CSCc1ccccc1)CCCC2. The van der Waals surface area contributed by atoms with Gasteiger partial charge in [-0.15, -0.1) is 11.8 Å². The molecule has 1 saturated heterocycles. The van der Waals surface area contributed by atoms with Gasteiger partial charge in [0, 0.05) is 18.1 Å². The van der Waals surface area contributed by atoms with Gasteiger partial charge in [0.15, 0.2) is 0 Å². The standard InChI is InChI=1S/C23H27N3O2S/c24-13-20-19-10-4-5-11-21(19)26(14-18-9-6-12-28-18)23(20)25-22(27)16-29-15-17-7-2-1-3-8-17/h1-3,7-8,18H,4-6,9-12,14-16H2,(H,25,27)/t18-/m1/s1. The minimum atomic E-state index is -0.0501. The molecule has 1 amide bonds. The normalized spacial score (nSPS) is 18.2. The third-order valence-electron chi connectivity index (χ3n) is 5.70. The molecule has 2 aromatic rings. The van der Waals surface area contributed by atoms with E-state index in [0.29, 0.717) is 17.1 Å². The number of anilines is 1. The molecule has 1 atom stereocenters. The summed E-state index contributed by atoms with van der Waals surface area (Å²) in [5.41, 5.74) is 4.21. The molecular formula is C23H27N3O2S. The van der Waals surface area contributed by atoms with E-state index in [4.69, 9.17) is 4.74 Å². The predicted molar refractivity (Wildman–Crippen MR) is 116 cm³/mol. The number of nitrogens with one attached hydrogen (secondary N) is 1. The lowest BCUT2D eigenvalue weighted by atomic mass is 9.95. The van der Waals surface area contributed by atoms with E-state index >= 15 is 0 Å². The Morgan fingerprint density at radius 3 is 2.83 bits per heavy atom. The van der Waals surface area contributed by atoms with Crippen LogP contribution in [-0.2, 0) is 34.7 Å². The summed E-state index contributed by atoms with van der Waals surface area (Å²) in [6.07, 6.45) is 6.41. The third kappa shape index (κ3) is 4.68. The molecule has 1 N–H and O–H groups in total. The third-order valence-corrected chi connectivity index (χ3v) is 6.70. The van der Waals surface area contributed by atoms with E-state index < -0.39 is 0 Å². The highest BCUT2D eigenvalue weighted by Crippen LogP contribution is 2.34. The molecule has 1 fully saturated rings. The number of carbonyl (C=O) groups is 1. The second kappa shape index (κ2) is 9.51. The fraction of sp³-hybridized carbons (Fsp3) is 0.478. The zero-order valence-corrected chi connectivity index (χ0v) is 17.5. The Kier molecular flexibility index (Phi) is 6.58. The van der Waals surface area contributed by atoms with Crippen molar-refractivity contribution in [1.82, 2.24) is 4.57 Å². The largest absolute Gasteiger partial charge is 0.376 e. The summed E-state index contributed by atoms with van der Waals surface area (Å²) in [5, 5.41) is 12.9. The molecule has 0 radical (unpaired) electrons. The van der Waals surface area contributed by atoms with Crippen LogP contribution >= 0.6 is 11.8 Å². The first kappa shape index (κ1) is 20.1. The van der Waals surface area contributed by atoms with E-state index in [1.54, 1.807) is 11.8 Å². The van der Waals surface area contributed by atoms with Crippen LogP contribution in [0.3, 0.4) is 0 Å². The Morgan fingerprint density at radius 2 is 2.07 bits per heavy atom. The van der Waals surface area contributed by atoms with Gasteiger partial charge < -0.3 is 14.6 Å².